The van der Waals surface area contributed by atoms with Crippen LogP contribution in [0.1, 0.15) is 31.4 Å². The van der Waals surface area contributed by atoms with Gasteiger partial charge in [0.1, 0.15) is 5.69 Å². The average Bonchev–Trinajstić information content (AvgIpc) is 3.31. The lowest BCUT2D eigenvalue weighted by atomic mass is 10.2. The quantitative estimate of drug-likeness (QED) is 0.624. The SMILES string of the molecule is Cn1cccc1C(=O)NNC(=O)c1ccc(NC(=O)c2ccco2)cc1. The molecule has 0 saturated carbocycles. The van der Waals surface area contributed by atoms with Crippen LogP contribution in [0.2, 0.25) is 0 Å². The number of amides is 3. The first-order chi connectivity index (χ1) is 12.5. The number of aryl methyl sites for hydroxylation is 1. The van der Waals surface area contributed by atoms with E-state index < -0.39 is 11.8 Å². The van der Waals surface area contributed by atoms with Crippen LogP contribution in [0.25, 0.3) is 0 Å². The van der Waals surface area contributed by atoms with Crippen LogP contribution in [0, 0.1) is 0 Å². The van der Waals surface area contributed by atoms with Gasteiger partial charge in [-0.25, -0.2) is 0 Å². The van der Waals surface area contributed by atoms with E-state index in [1.165, 1.54) is 18.4 Å². The summed E-state index contributed by atoms with van der Waals surface area (Å²) in [4.78, 5) is 35.9. The highest BCUT2D eigenvalue weighted by atomic mass is 16.3. The van der Waals surface area contributed by atoms with Gasteiger partial charge in [-0.1, -0.05) is 0 Å². The minimum Gasteiger partial charge on any atom is -0.459 e. The molecule has 3 rings (SSSR count). The second kappa shape index (κ2) is 7.39. The van der Waals surface area contributed by atoms with Crippen LogP contribution in [0.5, 0.6) is 0 Å². The molecule has 3 aromatic rings. The summed E-state index contributed by atoms with van der Waals surface area (Å²) in [6, 6.07) is 12.7. The lowest BCUT2D eigenvalue weighted by molar-refractivity contribution is 0.0842. The average molecular weight is 352 g/mol. The van der Waals surface area contributed by atoms with Gasteiger partial charge in [-0.3, -0.25) is 25.2 Å². The smallest absolute Gasteiger partial charge is 0.291 e. The Balaban J connectivity index is 1.56. The summed E-state index contributed by atoms with van der Waals surface area (Å²) in [6.07, 6.45) is 3.14. The normalized spacial score (nSPS) is 10.2. The molecule has 26 heavy (non-hydrogen) atoms. The minimum atomic E-state index is -0.475. The van der Waals surface area contributed by atoms with Crippen LogP contribution in [-0.4, -0.2) is 22.3 Å². The second-order valence-corrected chi connectivity index (χ2v) is 5.42. The van der Waals surface area contributed by atoms with Gasteiger partial charge in [-0.2, -0.15) is 0 Å². The number of hydrogen-bond donors (Lipinski definition) is 3. The lowest BCUT2D eigenvalue weighted by Gasteiger charge is -2.09. The molecule has 132 valence electrons. The van der Waals surface area contributed by atoms with Crippen LogP contribution in [0.15, 0.2) is 65.4 Å². The van der Waals surface area contributed by atoms with Gasteiger partial charge in [0.2, 0.25) is 0 Å². The Bertz CT molecular complexity index is 927. The highest BCUT2D eigenvalue weighted by Gasteiger charge is 2.12. The first kappa shape index (κ1) is 17.0. The predicted molar refractivity (Wildman–Crippen MR) is 93.4 cm³/mol. The van der Waals surface area contributed by atoms with Crippen LogP contribution in [0.3, 0.4) is 0 Å². The van der Waals surface area contributed by atoms with E-state index in [-0.39, 0.29) is 11.7 Å². The summed E-state index contributed by atoms with van der Waals surface area (Å²) in [6.45, 7) is 0. The maximum absolute atomic E-state index is 12.1. The number of furan rings is 1. The number of nitrogens with one attached hydrogen (secondary N) is 3. The largest absolute Gasteiger partial charge is 0.459 e. The van der Waals surface area contributed by atoms with Crippen LogP contribution in [-0.2, 0) is 7.05 Å². The van der Waals surface area contributed by atoms with Crippen molar-refractivity contribution in [1.82, 2.24) is 15.4 Å². The van der Waals surface area contributed by atoms with Gasteiger partial charge >= 0.3 is 0 Å². The van der Waals surface area contributed by atoms with Crippen molar-refractivity contribution in [2.24, 2.45) is 7.05 Å². The van der Waals surface area contributed by atoms with Gasteiger partial charge < -0.3 is 14.3 Å². The molecule has 0 unspecified atom stereocenters. The zero-order valence-electron chi connectivity index (χ0n) is 13.9. The number of carbonyl (C=O) groups excluding carboxylic acids is 3. The van der Waals surface area contributed by atoms with E-state index in [1.54, 1.807) is 54.2 Å². The van der Waals surface area contributed by atoms with Crippen molar-refractivity contribution in [3.05, 3.63) is 78.0 Å². The molecule has 0 radical (unpaired) electrons. The fourth-order valence-electron chi connectivity index (χ4n) is 2.25. The van der Waals surface area contributed by atoms with Crippen molar-refractivity contribution < 1.29 is 18.8 Å². The zero-order chi connectivity index (χ0) is 18.5. The molecule has 0 fully saturated rings. The Hall–Kier alpha value is -3.81. The molecule has 0 aliphatic rings. The molecule has 0 atom stereocenters. The number of hydrazine groups is 1. The standard InChI is InChI=1S/C18H16N4O4/c1-22-10-2-4-14(22)17(24)21-20-16(23)12-6-8-13(9-7-12)19-18(25)15-5-3-11-26-15/h2-11H,1H3,(H,19,25)(H,20,23)(H,21,24). The van der Waals surface area contributed by atoms with Gasteiger partial charge in [0.25, 0.3) is 17.7 Å². The van der Waals surface area contributed by atoms with Gasteiger partial charge in [0.05, 0.1) is 6.26 Å². The zero-order valence-corrected chi connectivity index (χ0v) is 13.9. The van der Waals surface area contributed by atoms with E-state index in [2.05, 4.69) is 16.2 Å². The Morgan fingerprint density at radius 1 is 0.885 bits per heavy atom. The fourth-order valence-corrected chi connectivity index (χ4v) is 2.25. The van der Waals surface area contributed by atoms with Crippen molar-refractivity contribution in [3.8, 4) is 0 Å². The Morgan fingerprint density at radius 3 is 2.23 bits per heavy atom. The Morgan fingerprint density at radius 2 is 1.62 bits per heavy atom. The van der Waals surface area contributed by atoms with Gasteiger partial charge in [-0.15, -0.1) is 0 Å². The van der Waals surface area contributed by atoms with Crippen molar-refractivity contribution in [3.63, 3.8) is 0 Å². The monoisotopic (exact) mass is 352 g/mol. The van der Waals surface area contributed by atoms with E-state index in [9.17, 15) is 14.4 Å². The van der Waals surface area contributed by atoms with E-state index in [1.807, 2.05) is 0 Å². The summed E-state index contributed by atoms with van der Waals surface area (Å²) >= 11 is 0. The Kier molecular flexibility index (Phi) is 4.84. The molecule has 0 saturated heterocycles. The van der Waals surface area contributed by atoms with Crippen molar-refractivity contribution >= 4 is 23.4 Å². The van der Waals surface area contributed by atoms with E-state index in [4.69, 9.17) is 4.42 Å². The highest BCUT2D eigenvalue weighted by Crippen LogP contribution is 2.11. The summed E-state index contributed by atoms with van der Waals surface area (Å²) in [5, 5.41) is 2.65. The molecule has 3 N–H and O–H groups in total. The molecule has 0 spiro atoms. The van der Waals surface area contributed by atoms with E-state index in [0.717, 1.165) is 0 Å². The first-order valence-corrected chi connectivity index (χ1v) is 7.71. The number of anilines is 1. The summed E-state index contributed by atoms with van der Waals surface area (Å²) in [7, 11) is 1.73. The van der Waals surface area contributed by atoms with Gasteiger partial charge in [-0.05, 0) is 48.5 Å². The summed E-state index contributed by atoms with van der Waals surface area (Å²) < 4.78 is 6.64. The number of hydrogen-bond acceptors (Lipinski definition) is 4. The molecule has 0 aliphatic carbocycles. The fraction of sp³-hybridized carbons (Fsp3) is 0.0556. The van der Waals surface area contributed by atoms with Gasteiger partial charge in [0, 0.05) is 24.5 Å². The minimum absolute atomic E-state index is 0.190. The maximum Gasteiger partial charge on any atom is 0.291 e. The molecule has 0 aliphatic heterocycles. The van der Waals surface area contributed by atoms with Crippen molar-refractivity contribution in [2.45, 2.75) is 0 Å². The second-order valence-electron chi connectivity index (χ2n) is 5.42. The molecule has 2 heterocycles. The number of carbonyl (C=O) groups is 3. The van der Waals surface area contributed by atoms with Crippen molar-refractivity contribution in [1.29, 1.82) is 0 Å². The number of nitrogens with zero attached hydrogens (tertiary/aromatic N) is 1. The van der Waals surface area contributed by atoms with E-state index in [0.29, 0.717) is 16.9 Å². The molecular formula is C18H16N4O4. The highest BCUT2D eigenvalue weighted by molar-refractivity contribution is 6.03. The molecule has 8 heteroatoms. The maximum atomic E-state index is 12.1. The summed E-state index contributed by atoms with van der Waals surface area (Å²) in [5.74, 6) is -1.10. The predicted octanol–water partition coefficient (Wildman–Crippen LogP) is 1.95. The molecule has 2 aromatic heterocycles. The molecule has 8 nitrogen and oxygen atoms in total. The van der Waals surface area contributed by atoms with Crippen LogP contribution in [0.4, 0.5) is 5.69 Å². The van der Waals surface area contributed by atoms with Crippen LogP contribution < -0.4 is 16.2 Å². The third-order valence-corrected chi connectivity index (χ3v) is 3.62. The molecular weight excluding hydrogens is 336 g/mol. The number of rotatable bonds is 4. The third-order valence-electron chi connectivity index (χ3n) is 3.62. The number of aromatic nitrogens is 1. The lowest BCUT2D eigenvalue weighted by Crippen LogP contribution is -2.42. The molecule has 0 bridgehead atoms. The molecule has 1 aromatic carbocycles. The summed E-state index contributed by atoms with van der Waals surface area (Å²) in [5.41, 5.74) is 5.95. The molecule has 3 amide bonds. The first-order valence-electron chi connectivity index (χ1n) is 7.71. The van der Waals surface area contributed by atoms with Crippen LogP contribution >= 0.6 is 0 Å². The Labute approximate surface area is 148 Å². The van der Waals surface area contributed by atoms with Crippen molar-refractivity contribution in [2.75, 3.05) is 5.32 Å². The third kappa shape index (κ3) is 3.81. The van der Waals surface area contributed by atoms with Gasteiger partial charge in [0.15, 0.2) is 5.76 Å². The topological polar surface area (TPSA) is 105 Å². The number of benzene rings is 1. The van der Waals surface area contributed by atoms with E-state index >= 15 is 0 Å².